The van der Waals surface area contributed by atoms with E-state index in [0.717, 1.165) is 29.7 Å². The van der Waals surface area contributed by atoms with Crippen LogP contribution in [-0.4, -0.2) is 47.1 Å². The number of hydrogen-bond acceptors (Lipinski definition) is 6. The largest absolute Gasteiger partial charge is 0.454 e. The lowest BCUT2D eigenvalue weighted by atomic mass is 9.81. The number of hydrogen-bond donors (Lipinski definition) is 2. The molecule has 3 fully saturated rings. The molecule has 2 aromatic rings. The van der Waals surface area contributed by atoms with Gasteiger partial charge in [-0.05, 0) is 60.9 Å². The zero-order valence-corrected chi connectivity index (χ0v) is 20.5. The first-order valence-electron chi connectivity index (χ1n) is 12.6. The van der Waals surface area contributed by atoms with E-state index >= 15 is 0 Å². The third kappa shape index (κ3) is 4.98. The summed E-state index contributed by atoms with van der Waals surface area (Å²) in [5, 5.41) is 5.26. The van der Waals surface area contributed by atoms with Crippen molar-refractivity contribution in [2.75, 3.05) is 17.2 Å². The molecule has 0 unspecified atom stereocenters. The summed E-state index contributed by atoms with van der Waals surface area (Å²) < 4.78 is 5.33. The third-order valence-corrected chi connectivity index (χ3v) is 7.65. The Morgan fingerprint density at radius 2 is 1.46 bits per heavy atom. The van der Waals surface area contributed by atoms with Crippen molar-refractivity contribution in [1.82, 2.24) is 4.90 Å². The first-order valence-corrected chi connectivity index (χ1v) is 12.6. The van der Waals surface area contributed by atoms with Crippen molar-refractivity contribution in [3.8, 4) is 0 Å². The van der Waals surface area contributed by atoms with Crippen molar-refractivity contribution in [2.45, 2.75) is 38.6 Å². The maximum Gasteiger partial charge on any atom is 0.330 e. The number of likely N-dealkylation sites (tertiary alicyclic amines) is 1. The summed E-state index contributed by atoms with van der Waals surface area (Å²) in [7, 11) is 0. The Kier molecular flexibility index (Phi) is 6.78. The topological polar surface area (TPSA) is 122 Å². The molecule has 2 aliphatic carbocycles. The van der Waals surface area contributed by atoms with Gasteiger partial charge in [0, 0.05) is 24.7 Å². The zero-order valence-electron chi connectivity index (χ0n) is 20.5. The fraction of sp³-hybridized carbons (Fsp3) is 0.393. The highest BCUT2D eigenvalue weighted by Gasteiger charge is 2.62. The predicted octanol–water partition coefficient (Wildman–Crippen LogP) is 2.77. The minimum absolute atomic E-state index is 0.123. The molecular weight excluding hydrogens is 474 g/mol. The average molecular weight is 504 g/mol. The molecule has 1 heterocycles. The molecule has 0 aromatic heterocycles. The van der Waals surface area contributed by atoms with Crippen LogP contribution in [0, 0.1) is 23.7 Å². The molecule has 5 rings (SSSR count). The Balaban J connectivity index is 1.26. The summed E-state index contributed by atoms with van der Waals surface area (Å²) in [5.74, 6) is -2.42. The summed E-state index contributed by atoms with van der Waals surface area (Å²) >= 11 is 0. The molecular formula is C28H29N3O6. The van der Waals surface area contributed by atoms with E-state index in [4.69, 9.17) is 4.74 Å². The maximum atomic E-state index is 13.4. The highest BCUT2D eigenvalue weighted by Crippen LogP contribution is 2.56. The molecule has 4 amide bonds. The van der Waals surface area contributed by atoms with E-state index in [1.54, 1.807) is 24.3 Å². The maximum absolute atomic E-state index is 13.4. The molecule has 2 saturated carbocycles. The number of benzene rings is 2. The molecule has 0 spiro atoms. The molecule has 1 saturated heterocycles. The molecule has 0 radical (unpaired) electrons. The van der Waals surface area contributed by atoms with Gasteiger partial charge in [-0.3, -0.25) is 24.1 Å². The van der Waals surface area contributed by atoms with Gasteiger partial charge in [0.15, 0.2) is 6.61 Å². The van der Waals surface area contributed by atoms with Gasteiger partial charge in [0.2, 0.25) is 17.7 Å². The normalized spacial score (nSPS) is 24.5. The van der Waals surface area contributed by atoms with Crippen LogP contribution in [0.15, 0.2) is 54.6 Å². The zero-order chi connectivity index (χ0) is 26.1. The van der Waals surface area contributed by atoms with Crippen molar-refractivity contribution >= 4 is 41.0 Å². The lowest BCUT2D eigenvalue weighted by molar-refractivity contribution is -0.160. The van der Waals surface area contributed by atoms with Crippen LogP contribution in [0.2, 0.25) is 0 Å². The number of rotatable bonds is 8. The minimum atomic E-state index is -1.13. The van der Waals surface area contributed by atoms with Crippen LogP contribution in [0.4, 0.5) is 11.4 Å². The second-order valence-corrected chi connectivity index (χ2v) is 10.1. The van der Waals surface area contributed by atoms with Crippen LogP contribution in [0.5, 0.6) is 0 Å². The quantitative estimate of drug-likeness (QED) is 0.422. The summed E-state index contributed by atoms with van der Waals surface area (Å²) in [5.41, 5.74) is 1.83. The molecule has 2 bridgehead atoms. The Labute approximate surface area is 214 Å². The second-order valence-electron chi connectivity index (χ2n) is 10.1. The van der Waals surface area contributed by atoms with Gasteiger partial charge in [0.25, 0.3) is 5.91 Å². The van der Waals surface area contributed by atoms with Crippen molar-refractivity contribution in [2.24, 2.45) is 23.7 Å². The molecule has 192 valence electrons. The average Bonchev–Trinajstić information content (AvgIpc) is 3.56. The standard InChI is InChI=1S/C28H29N3O6/c1-16(32)29-20-9-11-21(12-10-20)30-23(33)15-37-28(36)22(13-17-5-3-2-4-6-17)31-26(34)24-18-7-8-19(14-18)25(24)27(31)35/h2-6,9-12,18-19,22,24-25H,7-8,13-15H2,1H3,(H,29,32)(H,30,33)/t18-,19-,22+,24-,25+/m0/s1. The van der Waals surface area contributed by atoms with E-state index in [0.29, 0.717) is 11.4 Å². The number of fused-ring (bicyclic) bond motifs is 5. The van der Waals surface area contributed by atoms with Gasteiger partial charge in [0.05, 0.1) is 11.8 Å². The predicted molar refractivity (Wildman–Crippen MR) is 134 cm³/mol. The molecule has 3 aliphatic rings. The number of imide groups is 1. The summed E-state index contributed by atoms with van der Waals surface area (Å²) in [6, 6.07) is 14.5. The van der Waals surface area contributed by atoms with E-state index < -0.39 is 24.5 Å². The number of ether oxygens (including phenoxy) is 1. The SMILES string of the molecule is CC(=O)Nc1ccc(NC(=O)COC(=O)[C@@H](Cc2ccccc2)N2C(=O)[C@@H]3[C@H]4CC[C@@H](C4)[C@@H]3C2=O)cc1. The van der Waals surface area contributed by atoms with Crippen LogP contribution in [-0.2, 0) is 35.1 Å². The van der Waals surface area contributed by atoms with Gasteiger partial charge >= 0.3 is 5.97 Å². The first kappa shape index (κ1) is 24.7. The van der Waals surface area contributed by atoms with Crippen molar-refractivity contribution in [1.29, 1.82) is 0 Å². The fourth-order valence-corrected chi connectivity index (χ4v) is 6.13. The molecule has 2 N–H and O–H groups in total. The third-order valence-electron chi connectivity index (χ3n) is 7.65. The number of amides is 4. The van der Waals surface area contributed by atoms with E-state index in [-0.39, 0.29) is 47.8 Å². The van der Waals surface area contributed by atoms with E-state index in [1.165, 1.54) is 6.92 Å². The van der Waals surface area contributed by atoms with E-state index in [1.807, 2.05) is 30.3 Å². The van der Waals surface area contributed by atoms with Gasteiger partial charge in [-0.25, -0.2) is 4.79 Å². The highest BCUT2D eigenvalue weighted by atomic mass is 16.5. The van der Waals surface area contributed by atoms with Crippen molar-refractivity contribution < 1.29 is 28.7 Å². The number of carbonyl (C=O) groups excluding carboxylic acids is 5. The van der Waals surface area contributed by atoms with Crippen LogP contribution in [0.25, 0.3) is 0 Å². The summed E-state index contributed by atoms with van der Waals surface area (Å²) in [6.45, 7) is 0.834. The molecule has 2 aromatic carbocycles. The second kappa shape index (κ2) is 10.2. The molecule has 1 aliphatic heterocycles. The summed E-state index contributed by atoms with van der Waals surface area (Å²) in [6.07, 6.45) is 2.91. The monoisotopic (exact) mass is 503 g/mol. The fourth-order valence-electron chi connectivity index (χ4n) is 6.13. The number of carbonyl (C=O) groups is 5. The van der Waals surface area contributed by atoms with Crippen LogP contribution < -0.4 is 10.6 Å². The smallest absolute Gasteiger partial charge is 0.330 e. The molecule has 9 nitrogen and oxygen atoms in total. The van der Waals surface area contributed by atoms with Gasteiger partial charge in [-0.15, -0.1) is 0 Å². The van der Waals surface area contributed by atoms with Gasteiger partial charge in [-0.2, -0.15) is 0 Å². The van der Waals surface area contributed by atoms with E-state index in [2.05, 4.69) is 10.6 Å². The Bertz CT molecular complexity index is 1200. The Morgan fingerprint density at radius 3 is 2.03 bits per heavy atom. The van der Waals surface area contributed by atoms with Crippen molar-refractivity contribution in [3.05, 3.63) is 60.2 Å². The van der Waals surface area contributed by atoms with Gasteiger partial charge in [-0.1, -0.05) is 30.3 Å². The number of esters is 1. The van der Waals surface area contributed by atoms with E-state index in [9.17, 15) is 24.0 Å². The number of anilines is 2. The lowest BCUT2D eigenvalue weighted by Gasteiger charge is -2.26. The number of nitrogens with one attached hydrogen (secondary N) is 2. The Morgan fingerprint density at radius 1 is 0.892 bits per heavy atom. The molecule has 9 heteroatoms. The van der Waals surface area contributed by atoms with Gasteiger partial charge < -0.3 is 15.4 Å². The lowest BCUT2D eigenvalue weighted by Crippen LogP contribution is -2.48. The highest BCUT2D eigenvalue weighted by molar-refractivity contribution is 6.08. The molecule has 37 heavy (non-hydrogen) atoms. The Hall–Kier alpha value is -4.01. The molecule has 5 atom stereocenters. The van der Waals surface area contributed by atoms with Gasteiger partial charge in [0.1, 0.15) is 6.04 Å². The number of nitrogens with zero attached hydrogens (tertiary/aromatic N) is 1. The minimum Gasteiger partial charge on any atom is -0.454 e. The van der Waals surface area contributed by atoms with Crippen LogP contribution in [0.1, 0.15) is 31.7 Å². The van der Waals surface area contributed by atoms with Crippen LogP contribution in [0.3, 0.4) is 0 Å². The van der Waals surface area contributed by atoms with Crippen molar-refractivity contribution in [3.63, 3.8) is 0 Å². The summed E-state index contributed by atoms with van der Waals surface area (Å²) in [4.78, 5) is 64.7. The van der Waals surface area contributed by atoms with Crippen LogP contribution >= 0.6 is 0 Å². The first-order chi connectivity index (χ1) is 17.8.